The Kier molecular flexibility index (Phi) is 7.17. The van der Waals surface area contributed by atoms with Gasteiger partial charge in [0.2, 0.25) is 0 Å². The van der Waals surface area contributed by atoms with E-state index in [2.05, 4.69) is 25.9 Å². The summed E-state index contributed by atoms with van der Waals surface area (Å²) in [6.07, 6.45) is 1.68. The van der Waals surface area contributed by atoms with Crippen molar-refractivity contribution in [2.45, 2.75) is 41.0 Å². The Morgan fingerprint density at radius 2 is 2.13 bits per heavy atom. The number of amides is 1. The van der Waals surface area contributed by atoms with Crippen molar-refractivity contribution in [1.82, 2.24) is 3.11 Å². The molecule has 2 aromatic rings. The maximum atomic E-state index is 12.6. The normalized spacial score (nSPS) is 22.1. The maximum absolute atomic E-state index is 12.6. The van der Waals surface area contributed by atoms with Gasteiger partial charge in [-0.1, -0.05) is 0 Å². The van der Waals surface area contributed by atoms with Crippen molar-refractivity contribution >= 4 is 40.1 Å². The second-order valence-electron chi connectivity index (χ2n) is 6.92. The summed E-state index contributed by atoms with van der Waals surface area (Å²) in [7, 11) is 0. The van der Waals surface area contributed by atoms with Gasteiger partial charge in [-0.3, -0.25) is 0 Å². The molecule has 1 saturated heterocycles. The third-order valence-electron chi connectivity index (χ3n) is 4.69. The summed E-state index contributed by atoms with van der Waals surface area (Å²) in [6, 6.07) is 14.2. The first-order chi connectivity index (χ1) is 14.5. The molecule has 2 aliphatic heterocycles. The average Bonchev–Trinajstić information content (AvgIpc) is 3.27. The SMILES string of the molecule is CC1Sc2ccc(C(=O)Nc3c#cc(S(=O)O[I-]N4CCCC4)cc3)cc2NC1O. The number of nitrogens with zero attached hydrogens (tertiary/aromatic N) is 1. The number of hydrogen-bond acceptors (Lipinski definition) is 7. The van der Waals surface area contributed by atoms with Gasteiger partial charge in [-0.25, -0.2) is 0 Å². The number of nitrogens with one attached hydrogen (secondary N) is 2. The Morgan fingerprint density at radius 1 is 1.33 bits per heavy atom. The standard InChI is InChI=1S/C20H21IN3O4S2/c1-13-19(25)23-17-12-14(4-9-18(17)29-13)20(26)22-15-5-7-16(8-6-15)30(27)28-21-24-10-2-3-11-24/h4-5,7,9,12-13,19,23,25H,2-3,10-11H2,1H3,(H,22,26)/q-1. The molecule has 0 aliphatic carbocycles. The molecule has 1 fully saturated rings. The number of hydrogen-bond donors (Lipinski definition) is 3. The van der Waals surface area contributed by atoms with Crippen LogP contribution in [0.1, 0.15) is 30.1 Å². The average molecular weight is 558 g/mol. The first-order valence-electron chi connectivity index (χ1n) is 9.49. The van der Waals surface area contributed by atoms with E-state index in [1.54, 1.807) is 36.0 Å². The molecule has 2 heterocycles. The van der Waals surface area contributed by atoms with Crippen molar-refractivity contribution in [3.63, 3.8) is 0 Å². The van der Waals surface area contributed by atoms with Crippen molar-refractivity contribution in [1.29, 1.82) is 0 Å². The van der Waals surface area contributed by atoms with E-state index in [9.17, 15) is 14.1 Å². The fourth-order valence-electron chi connectivity index (χ4n) is 3.01. The fourth-order valence-corrected chi connectivity index (χ4v) is 7.29. The molecule has 3 unspecified atom stereocenters. The quantitative estimate of drug-likeness (QED) is 0.335. The number of aliphatic hydroxyl groups is 1. The second kappa shape index (κ2) is 9.84. The van der Waals surface area contributed by atoms with Gasteiger partial charge in [0.1, 0.15) is 6.23 Å². The van der Waals surface area contributed by atoms with Gasteiger partial charge in [-0.2, -0.15) is 0 Å². The Morgan fingerprint density at radius 3 is 2.87 bits per heavy atom. The van der Waals surface area contributed by atoms with E-state index < -0.39 is 39.2 Å². The van der Waals surface area contributed by atoms with Gasteiger partial charge >= 0.3 is 159 Å². The van der Waals surface area contributed by atoms with E-state index in [0.29, 0.717) is 16.1 Å². The van der Waals surface area contributed by atoms with Crippen LogP contribution in [-0.2, 0) is 13.6 Å². The van der Waals surface area contributed by atoms with Crippen LogP contribution in [0.4, 0.5) is 11.4 Å². The predicted molar refractivity (Wildman–Crippen MR) is 112 cm³/mol. The Hall–Kier alpha value is -1.36. The van der Waals surface area contributed by atoms with Gasteiger partial charge in [-0.05, 0) is 6.92 Å². The molecular weight excluding hydrogens is 537 g/mol. The van der Waals surface area contributed by atoms with Crippen LogP contribution in [0.3, 0.4) is 0 Å². The molecule has 4 rings (SSSR count). The molecule has 3 atom stereocenters. The van der Waals surface area contributed by atoms with Crippen LogP contribution in [0, 0.1) is 12.1 Å². The van der Waals surface area contributed by atoms with Crippen LogP contribution in [0.15, 0.2) is 40.1 Å². The zero-order valence-corrected chi connectivity index (χ0v) is 20.0. The monoisotopic (exact) mass is 558 g/mol. The second-order valence-corrected chi connectivity index (χ2v) is 12.2. The molecule has 2 aliphatic rings. The van der Waals surface area contributed by atoms with E-state index in [4.69, 9.17) is 2.51 Å². The Bertz CT molecular complexity index is 938. The Balaban J connectivity index is 1.35. The summed E-state index contributed by atoms with van der Waals surface area (Å²) in [5, 5.41) is 15.8. The van der Waals surface area contributed by atoms with E-state index >= 15 is 0 Å². The summed E-state index contributed by atoms with van der Waals surface area (Å²) in [5.41, 5.74) is 1.63. The number of halogens is 1. The predicted octanol–water partition coefficient (Wildman–Crippen LogP) is -0.182. The van der Waals surface area contributed by atoms with Gasteiger partial charge in [0, 0.05) is 0 Å². The summed E-state index contributed by atoms with van der Waals surface area (Å²) in [4.78, 5) is 14.0. The van der Waals surface area contributed by atoms with E-state index in [-0.39, 0.29) is 11.2 Å². The van der Waals surface area contributed by atoms with Crippen molar-refractivity contribution in [2.24, 2.45) is 0 Å². The van der Waals surface area contributed by atoms with Crippen LogP contribution in [0.5, 0.6) is 0 Å². The summed E-state index contributed by atoms with van der Waals surface area (Å²) < 4.78 is 20.0. The summed E-state index contributed by atoms with van der Waals surface area (Å²) >= 11 is -0.712. The van der Waals surface area contributed by atoms with Gasteiger partial charge in [-0.15, -0.1) is 11.8 Å². The fraction of sp³-hybridized carbons (Fsp3) is 0.350. The van der Waals surface area contributed by atoms with Gasteiger partial charge in [0.15, 0.2) is 0 Å². The molecule has 10 heteroatoms. The topological polar surface area (TPSA) is 90.9 Å². The third-order valence-corrected chi connectivity index (χ3v) is 9.68. The van der Waals surface area contributed by atoms with Crippen LogP contribution < -0.4 is 32.5 Å². The third kappa shape index (κ3) is 5.27. The van der Waals surface area contributed by atoms with Gasteiger partial charge in [0.05, 0.1) is 5.25 Å². The van der Waals surface area contributed by atoms with Gasteiger partial charge in [0.25, 0.3) is 0 Å². The van der Waals surface area contributed by atoms with E-state index in [1.807, 2.05) is 13.0 Å². The number of carbonyl (C=O) groups is 1. The van der Waals surface area contributed by atoms with Crippen molar-refractivity contribution in [3.05, 3.63) is 48.0 Å². The van der Waals surface area contributed by atoms with Crippen LogP contribution in [0.25, 0.3) is 0 Å². The zero-order chi connectivity index (χ0) is 21.1. The number of fused-ring (bicyclic) bond motifs is 1. The molecule has 0 aromatic heterocycles. The minimum absolute atomic E-state index is 0.0350. The van der Waals surface area contributed by atoms with E-state index in [0.717, 1.165) is 23.7 Å². The van der Waals surface area contributed by atoms with Crippen molar-refractivity contribution < 1.29 is 38.5 Å². The Labute approximate surface area is 193 Å². The molecule has 160 valence electrons. The summed E-state index contributed by atoms with van der Waals surface area (Å²) in [5.74, 6) is -0.299. The number of thioether (sulfide) groups is 1. The molecule has 0 spiro atoms. The van der Waals surface area contributed by atoms with Crippen molar-refractivity contribution in [3.8, 4) is 0 Å². The number of benzene rings is 1. The summed E-state index contributed by atoms with van der Waals surface area (Å²) in [6.45, 7) is 3.97. The molecule has 3 N–H and O–H groups in total. The molecule has 0 bridgehead atoms. The zero-order valence-electron chi connectivity index (χ0n) is 16.2. The first-order valence-corrected chi connectivity index (χ1v) is 13.3. The number of carbonyl (C=O) groups excluding carboxylic acids is 1. The van der Waals surface area contributed by atoms with E-state index in [1.165, 1.54) is 12.8 Å². The molecular formula is C20H21IN3O4S2-. The van der Waals surface area contributed by atoms with Crippen LogP contribution in [-0.4, -0.2) is 42.9 Å². The molecule has 0 radical (unpaired) electrons. The van der Waals surface area contributed by atoms with Gasteiger partial charge < -0.3 is 5.11 Å². The minimum atomic E-state index is -1.57. The minimum Gasteiger partial charge on any atom is -0.373 e. The van der Waals surface area contributed by atoms with Crippen LogP contribution in [0.2, 0.25) is 0 Å². The van der Waals surface area contributed by atoms with Crippen LogP contribution >= 0.6 is 11.8 Å². The number of rotatable bonds is 6. The molecule has 2 aromatic carbocycles. The molecule has 30 heavy (non-hydrogen) atoms. The number of aliphatic hydroxyl groups excluding tert-OH is 1. The smallest absolute Gasteiger partial charge is 0.373 e. The number of anilines is 2. The van der Waals surface area contributed by atoms with Crippen molar-refractivity contribution in [2.75, 3.05) is 23.7 Å². The molecule has 1 amide bonds. The molecule has 0 saturated carbocycles. The first kappa shape index (κ1) is 21.9. The molecule has 7 nitrogen and oxygen atoms in total.